The molecule has 0 unspecified atom stereocenters. The number of carbonyl (C=O) groups is 4. The van der Waals surface area contributed by atoms with Crippen LogP contribution in [-0.4, -0.2) is 102 Å². The van der Waals surface area contributed by atoms with Crippen molar-refractivity contribution in [1.82, 2.24) is 24.8 Å². The number of piperazine rings is 1. The third-order valence-electron chi connectivity index (χ3n) is 7.88. The number of isocyanates is 1. The smallest absolute Gasteiger partial charge is 0.415 e. The molecule has 2 N–H and O–H groups in total. The third kappa shape index (κ3) is 11.7. The molecule has 282 valence electrons. The average molecular weight is 767 g/mol. The number of aromatic nitrogens is 1. The molecule has 1 fully saturated rings. The first kappa shape index (κ1) is 40.7. The number of pyridine rings is 1. The van der Waals surface area contributed by atoms with Crippen molar-refractivity contribution in [3.05, 3.63) is 84.2 Å². The molecule has 1 saturated heterocycles. The van der Waals surface area contributed by atoms with E-state index in [1.807, 2.05) is 0 Å². The number of hydrogen-bond donors (Lipinski definition) is 3. The van der Waals surface area contributed by atoms with E-state index < -0.39 is 50.4 Å². The maximum atomic E-state index is 13.7. The number of sulfonamides is 1. The van der Waals surface area contributed by atoms with Gasteiger partial charge < -0.3 is 24.6 Å². The number of rotatable bonds is 12. The fourth-order valence-electron chi connectivity index (χ4n) is 5.17. The lowest BCUT2D eigenvalue weighted by Crippen LogP contribution is -2.58. The van der Waals surface area contributed by atoms with E-state index in [0.29, 0.717) is 16.8 Å². The average Bonchev–Trinajstić information content (AvgIpc) is 3.10. The number of nitrogens with one attached hydrogen (secondary N) is 2. The maximum absolute atomic E-state index is 13.7. The van der Waals surface area contributed by atoms with Crippen molar-refractivity contribution in [3.63, 3.8) is 0 Å². The van der Waals surface area contributed by atoms with Gasteiger partial charge in [0, 0.05) is 55.3 Å². The number of amides is 3. The summed E-state index contributed by atoms with van der Waals surface area (Å²) < 4.78 is 38.5. The molecule has 2 atom stereocenters. The van der Waals surface area contributed by atoms with Crippen molar-refractivity contribution < 1.29 is 41.9 Å². The number of aliphatic imine (C=N–C) groups is 1. The summed E-state index contributed by atoms with van der Waals surface area (Å²) in [5.41, 5.74) is 0.505. The summed E-state index contributed by atoms with van der Waals surface area (Å²) in [7, 11) is -4.19. The van der Waals surface area contributed by atoms with Crippen molar-refractivity contribution in [1.29, 1.82) is 0 Å². The predicted molar refractivity (Wildman–Crippen MR) is 197 cm³/mol. The number of benzene rings is 2. The Morgan fingerprint density at radius 2 is 1.57 bits per heavy atom. The molecular weight excluding hydrogens is 725 g/mol. The molecular formula is C36H42N6O9S2. The summed E-state index contributed by atoms with van der Waals surface area (Å²) in [5, 5.41) is 2.64. The number of thiol groups is 1. The highest BCUT2D eigenvalue weighted by atomic mass is 32.2. The van der Waals surface area contributed by atoms with Gasteiger partial charge in [-0.25, -0.2) is 22.8 Å². The van der Waals surface area contributed by atoms with Gasteiger partial charge in [0.2, 0.25) is 22.0 Å². The molecule has 3 amide bonds. The Balaban J connectivity index is 1.39. The van der Waals surface area contributed by atoms with E-state index in [1.54, 1.807) is 88.0 Å². The second-order valence-corrected chi connectivity index (χ2v) is 16.6. The second-order valence-electron chi connectivity index (χ2n) is 13.7. The Hall–Kier alpha value is -5.09. The summed E-state index contributed by atoms with van der Waals surface area (Å²) in [6.07, 6.45) is 3.38. The van der Waals surface area contributed by atoms with E-state index in [1.165, 1.54) is 29.3 Å². The lowest BCUT2D eigenvalue weighted by molar-refractivity contribution is -0.158. The Kier molecular flexibility index (Phi) is 13.2. The molecule has 2 aromatic carbocycles. The predicted octanol–water partition coefficient (Wildman–Crippen LogP) is 3.43. The van der Waals surface area contributed by atoms with Gasteiger partial charge in [-0.2, -0.15) is 22.3 Å². The van der Waals surface area contributed by atoms with Crippen LogP contribution in [0.1, 0.15) is 50.5 Å². The van der Waals surface area contributed by atoms with Gasteiger partial charge in [0.1, 0.15) is 28.3 Å². The van der Waals surface area contributed by atoms with Gasteiger partial charge in [0.15, 0.2) is 0 Å². The molecule has 1 aromatic heterocycles. The van der Waals surface area contributed by atoms with Crippen molar-refractivity contribution in [2.75, 3.05) is 26.2 Å². The van der Waals surface area contributed by atoms with Gasteiger partial charge in [-0.05, 0) is 88.7 Å². The molecule has 0 spiro atoms. The van der Waals surface area contributed by atoms with Gasteiger partial charge >= 0.3 is 12.1 Å². The minimum atomic E-state index is -4.19. The molecule has 17 heteroatoms. The highest BCUT2D eigenvalue weighted by Crippen LogP contribution is 2.22. The van der Waals surface area contributed by atoms with Crippen molar-refractivity contribution in [2.24, 2.45) is 4.99 Å². The Morgan fingerprint density at radius 3 is 2.11 bits per heavy atom. The first-order valence-electron chi connectivity index (χ1n) is 16.6. The van der Waals surface area contributed by atoms with Crippen molar-refractivity contribution >= 4 is 58.3 Å². The molecule has 3 aromatic rings. The lowest BCUT2D eigenvalue weighted by atomic mass is 10.0. The quantitative estimate of drug-likeness (QED) is 0.106. The Bertz CT molecular complexity index is 1930. The van der Waals surface area contributed by atoms with E-state index in [4.69, 9.17) is 9.47 Å². The highest BCUT2D eigenvalue weighted by molar-refractivity contribution is 7.89. The minimum Gasteiger partial charge on any atom is -0.458 e. The van der Waals surface area contributed by atoms with Gasteiger partial charge in [-0.3, -0.25) is 14.6 Å². The number of ether oxygens (including phenoxy) is 2. The molecule has 0 bridgehead atoms. The van der Waals surface area contributed by atoms with Crippen LogP contribution in [0.3, 0.4) is 0 Å². The van der Waals surface area contributed by atoms with Crippen LogP contribution in [0.4, 0.5) is 10.5 Å². The van der Waals surface area contributed by atoms with Crippen molar-refractivity contribution in [3.8, 4) is 5.75 Å². The molecule has 0 saturated carbocycles. The molecule has 1 aliphatic rings. The van der Waals surface area contributed by atoms with Gasteiger partial charge in [0.25, 0.3) is 5.91 Å². The summed E-state index contributed by atoms with van der Waals surface area (Å²) in [6.45, 7) is 9.22. The lowest BCUT2D eigenvalue weighted by Gasteiger charge is -2.34. The standard InChI is InChI=1S/C36H42N6O9S2/c1-35(2,3)51-33(46)29(39-31(44)30(36(4,5)52)40-53(48,49)28-7-6-16-37-22-28)21-24-8-14-27(15-9-24)50-34(47)42-19-17-41(18-20-42)32(45)25-10-12-26(13-11-25)38-23-43/h6-16,22,29-30,40,52H,17-21H2,1-5H3,(H,39,44)/t29-,30+/m0/s1. The Morgan fingerprint density at radius 1 is 0.943 bits per heavy atom. The number of nitrogens with zero attached hydrogens (tertiary/aromatic N) is 4. The zero-order chi connectivity index (χ0) is 39.0. The summed E-state index contributed by atoms with van der Waals surface area (Å²) in [4.78, 5) is 73.6. The topological polar surface area (TPSA) is 194 Å². The van der Waals surface area contributed by atoms with Crippen LogP contribution in [-0.2, 0) is 35.6 Å². The summed E-state index contributed by atoms with van der Waals surface area (Å²) in [5.74, 6) is -1.53. The largest absolute Gasteiger partial charge is 0.458 e. The second kappa shape index (κ2) is 17.2. The van der Waals surface area contributed by atoms with Crippen LogP contribution < -0.4 is 14.8 Å². The zero-order valence-corrected chi connectivity index (χ0v) is 31.6. The zero-order valence-electron chi connectivity index (χ0n) is 29.9. The first-order chi connectivity index (χ1) is 24.9. The normalized spacial score (nSPS) is 14.7. The molecule has 0 aliphatic carbocycles. The van der Waals surface area contributed by atoms with Crippen LogP contribution >= 0.6 is 12.6 Å². The van der Waals surface area contributed by atoms with Crippen LogP contribution in [0.25, 0.3) is 0 Å². The monoisotopic (exact) mass is 766 g/mol. The number of carbonyl (C=O) groups excluding carboxylic acids is 5. The van der Waals surface area contributed by atoms with E-state index in [-0.39, 0.29) is 49.2 Å². The number of esters is 1. The molecule has 53 heavy (non-hydrogen) atoms. The summed E-state index contributed by atoms with van der Waals surface area (Å²) >= 11 is 4.48. The van der Waals surface area contributed by atoms with Gasteiger partial charge in [-0.1, -0.05) is 12.1 Å². The van der Waals surface area contributed by atoms with Crippen LogP contribution in [0.5, 0.6) is 5.75 Å². The summed E-state index contributed by atoms with van der Waals surface area (Å²) in [6, 6.07) is 12.7. The van der Waals surface area contributed by atoms with E-state index >= 15 is 0 Å². The highest BCUT2D eigenvalue weighted by Gasteiger charge is 2.39. The third-order valence-corrected chi connectivity index (χ3v) is 9.54. The fraction of sp³-hybridized carbons (Fsp3) is 0.389. The minimum absolute atomic E-state index is 0.0348. The molecule has 2 heterocycles. The van der Waals surface area contributed by atoms with Gasteiger partial charge in [0.05, 0.1) is 5.69 Å². The van der Waals surface area contributed by atoms with Crippen LogP contribution in [0, 0.1) is 0 Å². The molecule has 4 rings (SSSR count). The Labute approximate surface area is 313 Å². The van der Waals surface area contributed by atoms with E-state index in [9.17, 15) is 32.4 Å². The fourth-order valence-corrected chi connectivity index (χ4v) is 6.74. The number of hydrogen-bond acceptors (Lipinski definition) is 12. The maximum Gasteiger partial charge on any atom is 0.415 e. The molecule has 1 aliphatic heterocycles. The molecule has 0 radical (unpaired) electrons. The van der Waals surface area contributed by atoms with Crippen LogP contribution in [0.15, 0.2) is 82.9 Å². The SMILES string of the molecule is CC(C)(C)OC(=O)[C@H](Cc1ccc(OC(=O)N2CCN(C(=O)c3ccc(N=C=O)cc3)CC2)cc1)NC(=O)[C@@H](NS(=O)(=O)c1cccnc1)C(C)(C)S. The van der Waals surface area contributed by atoms with E-state index in [0.717, 1.165) is 6.20 Å². The first-order valence-corrected chi connectivity index (χ1v) is 18.5. The van der Waals surface area contributed by atoms with Gasteiger partial charge in [-0.15, -0.1) is 0 Å². The van der Waals surface area contributed by atoms with Crippen LogP contribution in [0.2, 0.25) is 0 Å². The van der Waals surface area contributed by atoms with Crippen molar-refractivity contribution in [2.45, 2.75) is 68.4 Å². The molecule has 15 nitrogen and oxygen atoms in total. The van der Waals surface area contributed by atoms with E-state index in [2.05, 4.69) is 32.6 Å².